The highest BCUT2D eigenvalue weighted by molar-refractivity contribution is 5.24. The Labute approximate surface area is 92.2 Å². The zero-order valence-corrected chi connectivity index (χ0v) is 8.68. The summed E-state index contributed by atoms with van der Waals surface area (Å²) >= 11 is 0. The fraction of sp³-hybridized carbons (Fsp3) is 0.182. The average Bonchev–Trinajstić information content (AvgIpc) is 2.61. The van der Waals surface area contributed by atoms with E-state index in [-0.39, 0.29) is 11.6 Å². The van der Waals surface area contributed by atoms with Gasteiger partial charge in [-0.1, -0.05) is 24.3 Å². The fourth-order valence-corrected chi connectivity index (χ4v) is 1.58. The van der Waals surface area contributed by atoms with Crippen molar-refractivity contribution in [1.29, 1.82) is 0 Å². The molecule has 0 saturated heterocycles. The monoisotopic (exact) mass is 219 g/mol. The number of imidazole rings is 1. The smallest absolute Gasteiger partial charge is 0.328 e. The lowest BCUT2D eigenvalue weighted by atomic mass is 10.1. The van der Waals surface area contributed by atoms with E-state index in [1.807, 2.05) is 24.3 Å². The van der Waals surface area contributed by atoms with Gasteiger partial charge in [0.1, 0.15) is 0 Å². The zero-order valence-electron chi connectivity index (χ0n) is 8.68. The summed E-state index contributed by atoms with van der Waals surface area (Å²) in [4.78, 5) is 13.7. The van der Waals surface area contributed by atoms with Crippen LogP contribution in [0.25, 0.3) is 0 Å². The number of nitrogens with zero attached hydrogens (tertiary/aromatic N) is 1. The molecule has 0 bridgehead atoms. The van der Waals surface area contributed by atoms with Crippen LogP contribution in [-0.4, -0.2) is 14.7 Å². The highest BCUT2D eigenvalue weighted by Gasteiger charge is 2.05. The second-order valence-corrected chi connectivity index (χ2v) is 3.56. The minimum Gasteiger partial charge on any atom is -0.493 e. The van der Waals surface area contributed by atoms with Gasteiger partial charge in [-0.05, 0) is 11.1 Å². The first-order chi connectivity index (χ1) is 7.70. The van der Waals surface area contributed by atoms with E-state index >= 15 is 0 Å². The van der Waals surface area contributed by atoms with Crippen molar-refractivity contribution >= 4 is 0 Å². The zero-order chi connectivity index (χ0) is 11.5. The van der Waals surface area contributed by atoms with Crippen LogP contribution in [0.2, 0.25) is 0 Å². The SMILES string of the molecule is NCc1cccc(Cn2c(O)c[nH]c2=O)c1. The Balaban J connectivity index is 2.30. The number of H-pyrrole nitrogens is 1. The molecule has 1 aromatic heterocycles. The van der Waals surface area contributed by atoms with Crippen molar-refractivity contribution in [3.05, 3.63) is 52.1 Å². The van der Waals surface area contributed by atoms with Crippen LogP contribution in [0, 0.1) is 0 Å². The topological polar surface area (TPSA) is 84.0 Å². The van der Waals surface area contributed by atoms with Crippen molar-refractivity contribution in [3.63, 3.8) is 0 Å². The molecule has 0 unspecified atom stereocenters. The van der Waals surface area contributed by atoms with Gasteiger partial charge in [0, 0.05) is 6.54 Å². The molecule has 1 heterocycles. The molecular formula is C11H13N3O2. The summed E-state index contributed by atoms with van der Waals surface area (Å²) in [6.45, 7) is 0.796. The number of hydrogen-bond donors (Lipinski definition) is 3. The van der Waals surface area contributed by atoms with E-state index in [4.69, 9.17) is 5.73 Å². The van der Waals surface area contributed by atoms with E-state index in [2.05, 4.69) is 4.98 Å². The maximum atomic E-state index is 11.3. The molecule has 0 amide bonds. The van der Waals surface area contributed by atoms with Gasteiger partial charge >= 0.3 is 5.69 Å². The van der Waals surface area contributed by atoms with Gasteiger partial charge in [0.05, 0.1) is 12.7 Å². The Morgan fingerprint density at radius 3 is 2.75 bits per heavy atom. The number of hydrogen-bond acceptors (Lipinski definition) is 3. The molecule has 0 radical (unpaired) electrons. The number of aromatic hydroxyl groups is 1. The summed E-state index contributed by atoms with van der Waals surface area (Å²) < 4.78 is 1.26. The van der Waals surface area contributed by atoms with Crippen molar-refractivity contribution < 1.29 is 5.11 Å². The number of nitrogens with one attached hydrogen (secondary N) is 1. The third-order valence-electron chi connectivity index (χ3n) is 2.41. The lowest BCUT2D eigenvalue weighted by Crippen LogP contribution is -2.17. The van der Waals surface area contributed by atoms with Crippen molar-refractivity contribution in [2.45, 2.75) is 13.1 Å². The average molecular weight is 219 g/mol. The van der Waals surface area contributed by atoms with Crippen LogP contribution in [0.5, 0.6) is 5.88 Å². The minimum absolute atomic E-state index is 0.0665. The lowest BCUT2D eigenvalue weighted by molar-refractivity contribution is 0.421. The van der Waals surface area contributed by atoms with Crippen LogP contribution < -0.4 is 11.4 Å². The van der Waals surface area contributed by atoms with E-state index < -0.39 is 0 Å². The molecule has 0 saturated carbocycles. The largest absolute Gasteiger partial charge is 0.493 e. The number of benzene rings is 1. The molecule has 84 valence electrons. The van der Waals surface area contributed by atoms with Gasteiger partial charge in [-0.15, -0.1) is 0 Å². The summed E-state index contributed by atoms with van der Waals surface area (Å²) in [5.41, 5.74) is 7.14. The Kier molecular flexibility index (Phi) is 2.78. The van der Waals surface area contributed by atoms with E-state index in [1.54, 1.807) is 0 Å². The molecule has 16 heavy (non-hydrogen) atoms. The van der Waals surface area contributed by atoms with E-state index in [0.717, 1.165) is 11.1 Å². The van der Waals surface area contributed by atoms with Gasteiger partial charge in [0.15, 0.2) is 0 Å². The normalized spacial score (nSPS) is 10.6. The van der Waals surface area contributed by atoms with Crippen LogP contribution in [-0.2, 0) is 13.1 Å². The van der Waals surface area contributed by atoms with Crippen molar-refractivity contribution in [2.75, 3.05) is 0 Å². The molecular weight excluding hydrogens is 206 g/mol. The Morgan fingerprint density at radius 2 is 2.12 bits per heavy atom. The molecule has 1 aromatic carbocycles. The van der Waals surface area contributed by atoms with Gasteiger partial charge in [-0.25, -0.2) is 4.79 Å². The molecule has 2 rings (SSSR count). The van der Waals surface area contributed by atoms with Gasteiger partial charge in [0.2, 0.25) is 5.88 Å². The Morgan fingerprint density at radius 1 is 1.38 bits per heavy atom. The van der Waals surface area contributed by atoms with Crippen molar-refractivity contribution in [2.24, 2.45) is 5.73 Å². The third-order valence-corrected chi connectivity index (χ3v) is 2.41. The molecule has 0 aliphatic heterocycles. The van der Waals surface area contributed by atoms with Gasteiger partial charge in [-0.2, -0.15) is 0 Å². The molecule has 5 nitrogen and oxygen atoms in total. The van der Waals surface area contributed by atoms with Crippen LogP contribution >= 0.6 is 0 Å². The maximum absolute atomic E-state index is 11.3. The fourth-order valence-electron chi connectivity index (χ4n) is 1.58. The molecule has 0 atom stereocenters. The molecule has 5 heteroatoms. The summed E-state index contributed by atoms with van der Waals surface area (Å²) in [5.74, 6) is -0.0665. The number of aromatic amines is 1. The minimum atomic E-state index is -0.323. The maximum Gasteiger partial charge on any atom is 0.328 e. The molecule has 0 fully saturated rings. The van der Waals surface area contributed by atoms with Crippen molar-refractivity contribution in [3.8, 4) is 5.88 Å². The second kappa shape index (κ2) is 4.24. The van der Waals surface area contributed by atoms with E-state index in [0.29, 0.717) is 13.1 Å². The van der Waals surface area contributed by atoms with E-state index in [9.17, 15) is 9.90 Å². The van der Waals surface area contributed by atoms with E-state index in [1.165, 1.54) is 10.8 Å². The van der Waals surface area contributed by atoms with Crippen LogP contribution in [0.1, 0.15) is 11.1 Å². The van der Waals surface area contributed by atoms with Crippen molar-refractivity contribution in [1.82, 2.24) is 9.55 Å². The van der Waals surface area contributed by atoms with Crippen LogP contribution in [0.4, 0.5) is 0 Å². The Bertz CT molecular complexity index is 542. The van der Waals surface area contributed by atoms with Gasteiger partial charge < -0.3 is 15.8 Å². The van der Waals surface area contributed by atoms with Gasteiger partial charge in [-0.3, -0.25) is 4.57 Å². The Hall–Kier alpha value is -2.01. The highest BCUT2D eigenvalue weighted by Crippen LogP contribution is 2.09. The summed E-state index contributed by atoms with van der Waals surface area (Å²) in [6, 6.07) is 7.60. The highest BCUT2D eigenvalue weighted by atomic mass is 16.3. The summed E-state index contributed by atoms with van der Waals surface area (Å²) in [5, 5.41) is 9.43. The van der Waals surface area contributed by atoms with Crippen LogP contribution in [0.3, 0.4) is 0 Å². The summed E-state index contributed by atoms with van der Waals surface area (Å²) in [6.07, 6.45) is 1.27. The van der Waals surface area contributed by atoms with Gasteiger partial charge in [0.25, 0.3) is 0 Å². The quantitative estimate of drug-likeness (QED) is 0.698. The number of rotatable bonds is 3. The molecule has 0 aliphatic carbocycles. The second-order valence-electron chi connectivity index (χ2n) is 3.56. The first-order valence-electron chi connectivity index (χ1n) is 4.96. The predicted octanol–water partition coefficient (Wildman–Crippen LogP) is 0.389. The molecule has 0 aliphatic rings. The lowest BCUT2D eigenvalue weighted by Gasteiger charge is -2.05. The first-order valence-corrected chi connectivity index (χ1v) is 4.96. The number of aromatic nitrogens is 2. The first kappa shape index (κ1) is 10.5. The third kappa shape index (κ3) is 1.99. The molecule has 4 N–H and O–H groups in total. The number of nitrogens with two attached hydrogens (primary N) is 1. The standard InChI is InChI=1S/C11H13N3O2/c12-5-8-2-1-3-9(4-8)7-14-10(15)6-13-11(14)16/h1-4,6,15H,5,7,12H2,(H,13,16). The predicted molar refractivity (Wildman–Crippen MR) is 60.2 cm³/mol. The van der Waals surface area contributed by atoms with Crippen LogP contribution in [0.15, 0.2) is 35.3 Å². The summed E-state index contributed by atoms with van der Waals surface area (Å²) in [7, 11) is 0. The molecule has 0 spiro atoms. The molecule has 2 aromatic rings.